The molecule has 0 spiro atoms. The van der Waals surface area contributed by atoms with Crippen LogP contribution in [-0.2, 0) is 24.6 Å². The number of rotatable bonds is 6. The van der Waals surface area contributed by atoms with Gasteiger partial charge in [0.05, 0.1) is 22.5 Å². The second-order valence-electron chi connectivity index (χ2n) is 8.29. The van der Waals surface area contributed by atoms with Gasteiger partial charge in [0, 0.05) is 37.8 Å². The van der Waals surface area contributed by atoms with E-state index in [4.69, 9.17) is 4.74 Å². The van der Waals surface area contributed by atoms with Crippen molar-refractivity contribution in [3.05, 3.63) is 29.8 Å². The highest BCUT2D eigenvalue weighted by Crippen LogP contribution is 2.25. The number of sulfone groups is 1. The van der Waals surface area contributed by atoms with Crippen LogP contribution in [0.5, 0.6) is 0 Å². The molecule has 2 atom stereocenters. The third-order valence-corrected chi connectivity index (χ3v) is 9.76. The highest BCUT2D eigenvalue weighted by atomic mass is 32.2. The van der Waals surface area contributed by atoms with E-state index in [-0.39, 0.29) is 34.0 Å². The van der Waals surface area contributed by atoms with E-state index in [0.29, 0.717) is 32.7 Å². The summed E-state index contributed by atoms with van der Waals surface area (Å²) in [6.07, 6.45) is 3.69. The number of nitrogens with zero attached hydrogens (tertiary/aromatic N) is 2. The SMILES string of the molecule is O=C(c1cccc(S(=O)(=O)N2CCCC2)c1)N(C[C@@H]1CCCO1)[C@@H]1CCS(=O)(=O)C1. The molecule has 3 heterocycles. The second-order valence-corrected chi connectivity index (χ2v) is 12.5. The van der Waals surface area contributed by atoms with Crippen molar-refractivity contribution < 1.29 is 26.4 Å². The Kier molecular flexibility index (Phi) is 6.20. The molecule has 10 heteroatoms. The first-order valence-electron chi connectivity index (χ1n) is 10.5. The molecule has 8 nitrogen and oxygen atoms in total. The van der Waals surface area contributed by atoms with Crippen molar-refractivity contribution in [2.45, 2.75) is 49.1 Å². The van der Waals surface area contributed by atoms with Crippen molar-refractivity contribution >= 4 is 25.8 Å². The van der Waals surface area contributed by atoms with Gasteiger partial charge < -0.3 is 9.64 Å². The van der Waals surface area contributed by atoms with Gasteiger partial charge in [-0.15, -0.1) is 0 Å². The van der Waals surface area contributed by atoms with Gasteiger partial charge in [0.1, 0.15) is 0 Å². The van der Waals surface area contributed by atoms with Gasteiger partial charge in [-0.05, 0) is 50.3 Å². The van der Waals surface area contributed by atoms with Gasteiger partial charge in [-0.1, -0.05) is 6.07 Å². The molecule has 0 aliphatic carbocycles. The molecule has 0 saturated carbocycles. The zero-order valence-electron chi connectivity index (χ0n) is 16.9. The molecule has 3 aliphatic rings. The quantitative estimate of drug-likeness (QED) is 0.639. The molecule has 30 heavy (non-hydrogen) atoms. The molecule has 0 bridgehead atoms. The maximum atomic E-state index is 13.4. The summed E-state index contributed by atoms with van der Waals surface area (Å²) in [5, 5.41) is 0. The van der Waals surface area contributed by atoms with E-state index >= 15 is 0 Å². The van der Waals surface area contributed by atoms with E-state index in [9.17, 15) is 21.6 Å². The first-order valence-corrected chi connectivity index (χ1v) is 13.8. The van der Waals surface area contributed by atoms with Crippen LogP contribution in [0.3, 0.4) is 0 Å². The third-order valence-electron chi connectivity index (χ3n) is 6.12. The van der Waals surface area contributed by atoms with Crippen molar-refractivity contribution in [3.63, 3.8) is 0 Å². The van der Waals surface area contributed by atoms with E-state index in [1.54, 1.807) is 17.0 Å². The summed E-state index contributed by atoms with van der Waals surface area (Å²) in [6.45, 7) is 1.94. The van der Waals surface area contributed by atoms with Gasteiger partial charge in [0.15, 0.2) is 9.84 Å². The van der Waals surface area contributed by atoms with Gasteiger partial charge in [0.2, 0.25) is 10.0 Å². The minimum atomic E-state index is -3.64. The lowest BCUT2D eigenvalue weighted by Gasteiger charge is -2.30. The Hall–Kier alpha value is -1.49. The minimum Gasteiger partial charge on any atom is -0.376 e. The van der Waals surface area contributed by atoms with Gasteiger partial charge >= 0.3 is 0 Å². The van der Waals surface area contributed by atoms with Crippen LogP contribution in [-0.4, -0.2) is 81.8 Å². The zero-order chi connectivity index (χ0) is 21.4. The van der Waals surface area contributed by atoms with Crippen molar-refractivity contribution in [3.8, 4) is 0 Å². The first-order chi connectivity index (χ1) is 14.3. The summed E-state index contributed by atoms with van der Waals surface area (Å²) in [6, 6.07) is 5.69. The van der Waals surface area contributed by atoms with Gasteiger partial charge in [0.25, 0.3) is 5.91 Å². The van der Waals surface area contributed by atoms with Crippen molar-refractivity contribution in [2.24, 2.45) is 0 Å². The predicted molar refractivity (Wildman–Crippen MR) is 112 cm³/mol. The molecule has 0 N–H and O–H groups in total. The second kappa shape index (κ2) is 8.57. The summed E-state index contributed by atoms with van der Waals surface area (Å²) in [5.74, 6) is -0.334. The number of carbonyl (C=O) groups is 1. The van der Waals surface area contributed by atoms with E-state index in [2.05, 4.69) is 0 Å². The van der Waals surface area contributed by atoms with Gasteiger partial charge in [-0.2, -0.15) is 4.31 Å². The van der Waals surface area contributed by atoms with Crippen LogP contribution in [0.1, 0.15) is 42.5 Å². The molecule has 1 aromatic carbocycles. The van der Waals surface area contributed by atoms with E-state index in [0.717, 1.165) is 25.7 Å². The van der Waals surface area contributed by atoms with Crippen LogP contribution in [0.15, 0.2) is 29.2 Å². The molecule has 3 fully saturated rings. The predicted octanol–water partition coefficient (Wildman–Crippen LogP) is 1.28. The number of hydrogen-bond donors (Lipinski definition) is 0. The fraction of sp³-hybridized carbons (Fsp3) is 0.650. The Balaban J connectivity index is 1.60. The normalized spacial score (nSPS) is 26.8. The van der Waals surface area contributed by atoms with E-state index < -0.39 is 25.9 Å². The highest BCUT2D eigenvalue weighted by molar-refractivity contribution is 7.91. The van der Waals surface area contributed by atoms with Crippen LogP contribution < -0.4 is 0 Å². The number of amides is 1. The Morgan fingerprint density at radius 1 is 1.17 bits per heavy atom. The van der Waals surface area contributed by atoms with Gasteiger partial charge in [-0.3, -0.25) is 4.79 Å². The molecule has 0 unspecified atom stereocenters. The maximum absolute atomic E-state index is 13.4. The molecule has 1 aromatic rings. The van der Waals surface area contributed by atoms with Crippen molar-refractivity contribution in [1.29, 1.82) is 0 Å². The fourth-order valence-electron chi connectivity index (χ4n) is 4.46. The van der Waals surface area contributed by atoms with E-state index in [1.807, 2.05) is 0 Å². The van der Waals surface area contributed by atoms with Crippen molar-refractivity contribution in [2.75, 3.05) is 37.7 Å². The summed E-state index contributed by atoms with van der Waals surface area (Å²) in [7, 11) is -6.81. The number of hydrogen-bond acceptors (Lipinski definition) is 6. The fourth-order valence-corrected chi connectivity index (χ4v) is 7.75. The molecule has 4 rings (SSSR count). The Morgan fingerprint density at radius 2 is 1.93 bits per heavy atom. The van der Waals surface area contributed by atoms with E-state index in [1.165, 1.54) is 16.4 Å². The minimum absolute atomic E-state index is 0.0583. The lowest BCUT2D eigenvalue weighted by atomic mass is 10.1. The monoisotopic (exact) mass is 456 g/mol. The van der Waals surface area contributed by atoms with Crippen LogP contribution in [0.25, 0.3) is 0 Å². The summed E-state index contributed by atoms with van der Waals surface area (Å²) in [5.41, 5.74) is 0.262. The lowest BCUT2D eigenvalue weighted by Crippen LogP contribution is -2.45. The largest absolute Gasteiger partial charge is 0.376 e. The Morgan fingerprint density at radius 3 is 2.57 bits per heavy atom. The standard InChI is InChI=1S/C20H28N2O6S2/c23-20(16-5-3-7-19(13-16)30(26,27)21-9-1-2-10-21)22(14-18-6-4-11-28-18)17-8-12-29(24,25)15-17/h3,5,7,13,17-18H,1-2,4,6,8-12,14-15H2/t17-,18+/m1/s1. The maximum Gasteiger partial charge on any atom is 0.254 e. The summed E-state index contributed by atoms with van der Waals surface area (Å²) >= 11 is 0. The van der Waals surface area contributed by atoms with Crippen LogP contribution in [0.4, 0.5) is 0 Å². The number of carbonyl (C=O) groups excluding carboxylic acids is 1. The molecular formula is C20H28N2O6S2. The Labute approximate surface area is 178 Å². The molecule has 1 amide bonds. The first kappa shape index (κ1) is 21.7. The molecule has 0 aromatic heterocycles. The highest BCUT2D eigenvalue weighted by Gasteiger charge is 2.37. The van der Waals surface area contributed by atoms with Crippen LogP contribution >= 0.6 is 0 Å². The Bertz CT molecular complexity index is 996. The lowest BCUT2D eigenvalue weighted by molar-refractivity contribution is 0.0441. The average molecular weight is 457 g/mol. The molecular weight excluding hydrogens is 428 g/mol. The topological polar surface area (TPSA) is 101 Å². The number of ether oxygens (including phenoxy) is 1. The average Bonchev–Trinajstić information content (AvgIpc) is 3.48. The molecule has 0 radical (unpaired) electrons. The van der Waals surface area contributed by atoms with Crippen LogP contribution in [0, 0.1) is 0 Å². The molecule has 3 saturated heterocycles. The van der Waals surface area contributed by atoms with Crippen molar-refractivity contribution in [1.82, 2.24) is 9.21 Å². The van der Waals surface area contributed by atoms with Gasteiger partial charge in [-0.25, -0.2) is 16.8 Å². The number of sulfonamides is 1. The zero-order valence-corrected chi connectivity index (χ0v) is 18.5. The molecule has 3 aliphatic heterocycles. The summed E-state index contributed by atoms with van der Waals surface area (Å²) in [4.78, 5) is 15.1. The smallest absolute Gasteiger partial charge is 0.254 e. The molecule has 166 valence electrons. The van der Waals surface area contributed by atoms with Crippen LogP contribution in [0.2, 0.25) is 0 Å². The number of benzene rings is 1. The summed E-state index contributed by atoms with van der Waals surface area (Å²) < 4.78 is 57.0. The third kappa shape index (κ3) is 4.56.